The molecule has 0 radical (unpaired) electrons. The summed E-state index contributed by atoms with van der Waals surface area (Å²) in [5.74, 6) is -0.740. The fourth-order valence-corrected chi connectivity index (χ4v) is 2.46. The summed E-state index contributed by atoms with van der Waals surface area (Å²) in [6.07, 6.45) is 3.47. The lowest BCUT2D eigenvalue weighted by molar-refractivity contribution is 0.100. The van der Waals surface area contributed by atoms with E-state index in [0.29, 0.717) is 12.8 Å². The maximum absolute atomic E-state index is 13.4. The number of halogens is 2. The third-order valence-corrected chi connectivity index (χ3v) is 3.31. The first-order chi connectivity index (χ1) is 7.66. The van der Waals surface area contributed by atoms with E-state index in [1.54, 1.807) is 0 Å². The van der Waals surface area contributed by atoms with E-state index < -0.39 is 11.6 Å². The second-order valence-corrected chi connectivity index (χ2v) is 4.59. The van der Waals surface area contributed by atoms with Gasteiger partial charge in [-0.25, -0.2) is 8.78 Å². The van der Waals surface area contributed by atoms with Crippen molar-refractivity contribution < 1.29 is 13.9 Å². The van der Waals surface area contributed by atoms with Crippen molar-refractivity contribution in [3.05, 3.63) is 35.4 Å². The second-order valence-electron chi connectivity index (χ2n) is 4.59. The van der Waals surface area contributed by atoms with Gasteiger partial charge in [0.25, 0.3) is 0 Å². The summed E-state index contributed by atoms with van der Waals surface area (Å²) in [5, 5.41) is 9.51. The van der Waals surface area contributed by atoms with E-state index in [4.69, 9.17) is 0 Å². The Morgan fingerprint density at radius 1 is 1.19 bits per heavy atom. The van der Waals surface area contributed by atoms with Gasteiger partial charge < -0.3 is 5.11 Å². The highest BCUT2D eigenvalue weighted by molar-refractivity contribution is 5.20. The number of aliphatic hydroxyl groups excluding tert-OH is 1. The monoisotopic (exact) mass is 226 g/mol. The van der Waals surface area contributed by atoms with E-state index in [2.05, 4.69) is 0 Å². The van der Waals surface area contributed by atoms with Crippen LogP contribution in [-0.2, 0) is 6.42 Å². The molecular formula is C13H16F2O. The van der Waals surface area contributed by atoms with E-state index in [1.165, 1.54) is 18.2 Å². The molecule has 2 unspecified atom stereocenters. The Labute approximate surface area is 94.1 Å². The average Bonchev–Trinajstić information content (AvgIpc) is 2.24. The zero-order valence-electron chi connectivity index (χ0n) is 9.13. The van der Waals surface area contributed by atoms with Gasteiger partial charge in [-0.05, 0) is 43.7 Å². The molecule has 1 nitrogen and oxygen atoms in total. The highest BCUT2D eigenvalue weighted by Crippen LogP contribution is 2.28. The molecule has 0 bridgehead atoms. The Hall–Kier alpha value is -0.960. The zero-order valence-corrected chi connectivity index (χ0v) is 9.13. The molecule has 0 amide bonds. The van der Waals surface area contributed by atoms with Gasteiger partial charge in [-0.3, -0.25) is 0 Å². The van der Waals surface area contributed by atoms with Crippen molar-refractivity contribution in [1.29, 1.82) is 0 Å². The van der Waals surface area contributed by atoms with Gasteiger partial charge in [0.2, 0.25) is 0 Å². The normalized spacial score (nSPS) is 25.7. The fraction of sp³-hybridized carbons (Fsp3) is 0.538. The Morgan fingerprint density at radius 2 is 1.88 bits per heavy atom. The molecule has 1 aliphatic rings. The molecule has 16 heavy (non-hydrogen) atoms. The van der Waals surface area contributed by atoms with Gasteiger partial charge in [0.15, 0.2) is 0 Å². The maximum Gasteiger partial charge on any atom is 0.129 e. The van der Waals surface area contributed by atoms with Crippen molar-refractivity contribution >= 4 is 0 Å². The number of aliphatic hydroxyl groups is 1. The number of benzene rings is 1. The van der Waals surface area contributed by atoms with Crippen LogP contribution >= 0.6 is 0 Å². The van der Waals surface area contributed by atoms with E-state index in [1.807, 2.05) is 0 Å². The van der Waals surface area contributed by atoms with Crippen LogP contribution in [0.15, 0.2) is 18.2 Å². The molecule has 0 aliphatic heterocycles. The van der Waals surface area contributed by atoms with Gasteiger partial charge in [-0.2, -0.15) is 0 Å². The molecule has 0 heterocycles. The number of hydrogen-bond donors (Lipinski definition) is 1. The van der Waals surface area contributed by atoms with Crippen LogP contribution in [0.3, 0.4) is 0 Å². The minimum Gasteiger partial charge on any atom is -0.393 e. The SMILES string of the molecule is OC1CCCC(Cc2c(F)cccc2F)C1. The summed E-state index contributed by atoms with van der Waals surface area (Å²) in [5.41, 5.74) is 0.168. The standard InChI is InChI=1S/C13H16F2O/c14-12-5-2-6-13(15)11(12)8-9-3-1-4-10(16)7-9/h2,5-6,9-10,16H,1,3-4,7-8H2. The Morgan fingerprint density at radius 3 is 2.50 bits per heavy atom. The zero-order chi connectivity index (χ0) is 11.5. The van der Waals surface area contributed by atoms with Gasteiger partial charge in [0.05, 0.1) is 6.10 Å². The summed E-state index contributed by atoms with van der Waals surface area (Å²) >= 11 is 0. The lowest BCUT2D eigenvalue weighted by atomic mass is 9.83. The van der Waals surface area contributed by atoms with Gasteiger partial charge in [0.1, 0.15) is 11.6 Å². The van der Waals surface area contributed by atoms with Crippen LogP contribution in [0.25, 0.3) is 0 Å². The molecule has 0 aromatic heterocycles. The van der Waals surface area contributed by atoms with Crippen molar-refractivity contribution in [2.45, 2.75) is 38.2 Å². The lowest BCUT2D eigenvalue weighted by Gasteiger charge is -2.26. The summed E-state index contributed by atoms with van der Waals surface area (Å²) < 4.78 is 26.8. The molecule has 1 saturated carbocycles. The summed E-state index contributed by atoms with van der Waals surface area (Å²) in [4.78, 5) is 0. The molecule has 2 rings (SSSR count). The van der Waals surface area contributed by atoms with Crippen LogP contribution in [0.1, 0.15) is 31.2 Å². The first kappa shape index (κ1) is 11.5. The van der Waals surface area contributed by atoms with Crippen molar-refractivity contribution in [2.24, 2.45) is 5.92 Å². The average molecular weight is 226 g/mol. The topological polar surface area (TPSA) is 20.2 Å². The van der Waals surface area contributed by atoms with Crippen molar-refractivity contribution in [3.8, 4) is 0 Å². The molecule has 2 atom stereocenters. The summed E-state index contributed by atoms with van der Waals surface area (Å²) in [6, 6.07) is 3.96. The molecule has 1 aromatic carbocycles. The molecule has 1 aliphatic carbocycles. The molecule has 3 heteroatoms. The van der Waals surface area contributed by atoms with Crippen LogP contribution in [0.5, 0.6) is 0 Å². The highest BCUT2D eigenvalue weighted by atomic mass is 19.1. The third kappa shape index (κ3) is 2.59. The Balaban J connectivity index is 2.08. The Kier molecular flexibility index (Phi) is 3.54. The minimum absolute atomic E-state index is 0.168. The van der Waals surface area contributed by atoms with Gasteiger partial charge in [-0.15, -0.1) is 0 Å². The molecule has 88 valence electrons. The van der Waals surface area contributed by atoms with Crippen LogP contribution in [0, 0.1) is 17.6 Å². The fourth-order valence-electron chi connectivity index (χ4n) is 2.46. The largest absolute Gasteiger partial charge is 0.393 e. The summed E-state index contributed by atoms with van der Waals surface area (Å²) in [6.45, 7) is 0. The van der Waals surface area contributed by atoms with Crippen molar-refractivity contribution in [1.82, 2.24) is 0 Å². The van der Waals surface area contributed by atoms with Gasteiger partial charge >= 0.3 is 0 Å². The first-order valence-electron chi connectivity index (χ1n) is 5.77. The van der Waals surface area contributed by atoms with Crippen molar-refractivity contribution in [3.63, 3.8) is 0 Å². The molecule has 1 aromatic rings. The van der Waals surface area contributed by atoms with Crippen LogP contribution in [0.4, 0.5) is 8.78 Å². The molecular weight excluding hydrogens is 210 g/mol. The quantitative estimate of drug-likeness (QED) is 0.821. The molecule has 1 fully saturated rings. The Bertz CT molecular complexity index is 345. The van der Waals surface area contributed by atoms with E-state index in [-0.39, 0.29) is 17.6 Å². The van der Waals surface area contributed by atoms with E-state index >= 15 is 0 Å². The first-order valence-corrected chi connectivity index (χ1v) is 5.77. The highest BCUT2D eigenvalue weighted by Gasteiger charge is 2.22. The third-order valence-electron chi connectivity index (χ3n) is 3.31. The molecule has 0 spiro atoms. The molecule has 1 N–H and O–H groups in total. The smallest absolute Gasteiger partial charge is 0.129 e. The minimum atomic E-state index is -0.472. The van der Waals surface area contributed by atoms with Crippen LogP contribution in [-0.4, -0.2) is 11.2 Å². The van der Waals surface area contributed by atoms with Gasteiger partial charge in [-0.1, -0.05) is 12.5 Å². The molecule has 0 saturated heterocycles. The van der Waals surface area contributed by atoms with Gasteiger partial charge in [0, 0.05) is 5.56 Å². The van der Waals surface area contributed by atoms with Crippen molar-refractivity contribution in [2.75, 3.05) is 0 Å². The summed E-state index contributed by atoms with van der Waals surface area (Å²) in [7, 11) is 0. The predicted molar refractivity (Wildman–Crippen MR) is 58.0 cm³/mol. The predicted octanol–water partition coefficient (Wildman–Crippen LogP) is 3.06. The van der Waals surface area contributed by atoms with E-state index in [0.717, 1.165) is 19.3 Å². The maximum atomic E-state index is 13.4. The second kappa shape index (κ2) is 4.91. The van der Waals surface area contributed by atoms with Crippen LogP contribution in [0.2, 0.25) is 0 Å². The number of rotatable bonds is 2. The van der Waals surface area contributed by atoms with Crippen LogP contribution < -0.4 is 0 Å². The lowest BCUT2D eigenvalue weighted by Crippen LogP contribution is -2.21. The van der Waals surface area contributed by atoms with E-state index in [9.17, 15) is 13.9 Å². The number of hydrogen-bond acceptors (Lipinski definition) is 1.